The summed E-state index contributed by atoms with van der Waals surface area (Å²) < 4.78 is 5.13. The Morgan fingerprint density at radius 2 is 2.17 bits per heavy atom. The molecule has 4 heterocycles. The number of furan rings is 1. The second-order valence-electron chi connectivity index (χ2n) is 6.99. The Morgan fingerprint density at radius 3 is 2.97 bits per heavy atom. The molecule has 0 saturated heterocycles. The molecule has 0 aliphatic carbocycles. The molecule has 0 saturated carbocycles. The van der Waals surface area contributed by atoms with E-state index in [9.17, 15) is 4.79 Å². The molecule has 0 fully saturated rings. The third-order valence-corrected chi connectivity index (χ3v) is 5.33. The van der Waals surface area contributed by atoms with Gasteiger partial charge in [0, 0.05) is 24.0 Å². The molecule has 3 N–H and O–H groups in total. The van der Waals surface area contributed by atoms with Gasteiger partial charge in [-0.15, -0.1) is 0 Å². The summed E-state index contributed by atoms with van der Waals surface area (Å²) in [6, 6.07) is 10.6. The molecule has 0 radical (unpaired) electrons. The minimum atomic E-state index is -0.334. The normalized spacial score (nSPS) is 14.0. The first-order chi connectivity index (χ1) is 14.7. The smallest absolute Gasteiger partial charge is 0.291 e. The number of fused-ring (bicyclic) bond motifs is 1. The second-order valence-corrected chi connectivity index (χ2v) is 7.40. The molecule has 150 valence electrons. The van der Waals surface area contributed by atoms with Crippen molar-refractivity contribution in [3.63, 3.8) is 0 Å². The van der Waals surface area contributed by atoms with Crippen molar-refractivity contribution < 1.29 is 9.21 Å². The van der Waals surface area contributed by atoms with Crippen LogP contribution in [0.15, 0.2) is 59.4 Å². The number of anilines is 1. The van der Waals surface area contributed by atoms with Crippen molar-refractivity contribution in [2.45, 2.75) is 6.42 Å². The Hall–Kier alpha value is -3.42. The molecule has 1 aliphatic rings. The Kier molecular flexibility index (Phi) is 4.82. The van der Waals surface area contributed by atoms with Gasteiger partial charge in [-0.3, -0.25) is 4.79 Å². The molecule has 7 nitrogen and oxygen atoms in total. The van der Waals surface area contributed by atoms with Gasteiger partial charge in [-0.2, -0.15) is 0 Å². The van der Waals surface area contributed by atoms with E-state index < -0.39 is 0 Å². The zero-order valence-electron chi connectivity index (χ0n) is 15.9. The van der Waals surface area contributed by atoms with Crippen molar-refractivity contribution in [1.82, 2.24) is 20.3 Å². The quantitative estimate of drug-likeness (QED) is 0.452. The van der Waals surface area contributed by atoms with E-state index >= 15 is 0 Å². The lowest BCUT2D eigenvalue weighted by Crippen LogP contribution is -2.20. The van der Waals surface area contributed by atoms with E-state index in [2.05, 4.69) is 37.7 Å². The van der Waals surface area contributed by atoms with Crippen LogP contribution in [0.25, 0.3) is 28.1 Å². The summed E-state index contributed by atoms with van der Waals surface area (Å²) in [5.74, 6) is 0.492. The molecule has 30 heavy (non-hydrogen) atoms. The maximum absolute atomic E-state index is 12.3. The summed E-state index contributed by atoms with van der Waals surface area (Å²) in [5, 5.41) is 6.64. The predicted molar refractivity (Wildman–Crippen MR) is 116 cm³/mol. The van der Waals surface area contributed by atoms with E-state index in [4.69, 9.17) is 16.0 Å². The topological polar surface area (TPSA) is 95.8 Å². The van der Waals surface area contributed by atoms with Crippen molar-refractivity contribution in [2.24, 2.45) is 0 Å². The molecule has 0 atom stereocenters. The van der Waals surface area contributed by atoms with Gasteiger partial charge in [-0.1, -0.05) is 17.7 Å². The molecular formula is C22H18ClN5O2. The number of hydrogen-bond donors (Lipinski definition) is 3. The monoisotopic (exact) mass is 419 g/mol. The maximum Gasteiger partial charge on any atom is 0.291 e. The van der Waals surface area contributed by atoms with E-state index in [1.165, 1.54) is 11.8 Å². The summed E-state index contributed by atoms with van der Waals surface area (Å²) in [6.07, 6.45) is 6.46. The molecule has 0 spiro atoms. The first-order valence-corrected chi connectivity index (χ1v) is 9.96. The summed E-state index contributed by atoms with van der Waals surface area (Å²) in [7, 11) is 0. The first-order valence-electron chi connectivity index (χ1n) is 9.58. The minimum Gasteiger partial charge on any atom is -0.459 e. The molecule has 1 aliphatic heterocycles. The van der Waals surface area contributed by atoms with Gasteiger partial charge >= 0.3 is 0 Å². The number of rotatable bonds is 4. The molecule has 0 unspecified atom stereocenters. The third-order valence-electron chi connectivity index (χ3n) is 5.00. The Bertz CT molecular complexity index is 1260. The zero-order chi connectivity index (χ0) is 20.5. The molecule has 1 amide bonds. The number of halogens is 1. The van der Waals surface area contributed by atoms with Gasteiger partial charge in [0.25, 0.3) is 5.91 Å². The molecule has 0 bridgehead atoms. The van der Waals surface area contributed by atoms with Crippen LogP contribution in [0.2, 0.25) is 5.02 Å². The molecule has 1 aromatic carbocycles. The van der Waals surface area contributed by atoms with Crippen LogP contribution < -0.4 is 10.6 Å². The molecule has 5 rings (SSSR count). The fourth-order valence-electron chi connectivity index (χ4n) is 3.47. The van der Waals surface area contributed by atoms with Gasteiger partial charge in [0.2, 0.25) is 0 Å². The van der Waals surface area contributed by atoms with Crippen LogP contribution in [-0.4, -0.2) is 33.9 Å². The molecule has 8 heteroatoms. The fraction of sp³-hybridized carbons (Fsp3) is 0.136. The minimum absolute atomic E-state index is 0.235. The lowest BCUT2D eigenvalue weighted by atomic mass is 10.0. The van der Waals surface area contributed by atoms with Crippen LogP contribution >= 0.6 is 11.6 Å². The van der Waals surface area contributed by atoms with Crippen LogP contribution in [0.4, 0.5) is 5.69 Å². The van der Waals surface area contributed by atoms with Gasteiger partial charge in [0.15, 0.2) is 11.4 Å². The Balaban J connectivity index is 1.47. The predicted octanol–water partition coefficient (Wildman–Crippen LogP) is 4.50. The number of nitrogens with one attached hydrogen (secondary N) is 3. The van der Waals surface area contributed by atoms with Gasteiger partial charge in [0.05, 0.1) is 16.8 Å². The van der Waals surface area contributed by atoms with Crippen LogP contribution in [0, 0.1) is 0 Å². The number of nitrogens with zero attached hydrogens (tertiary/aromatic N) is 2. The number of amides is 1. The number of hydrogen-bond acceptors (Lipinski definition) is 5. The summed E-state index contributed by atoms with van der Waals surface area (Å²) >= 11 is 6.42. The van der Waals surface area contributed by atoms with E-state index in [0.29, 0.717) is 27.7 Å². The first kappa shape index (κ1) is 18.6. The molecule has 4 aromatic rings. The zero-order valence-corrected chi connectivity index (χ0v) is 16.7. The van der Waals surface area contributed by atoms with Gasteiger partial charge < -0.3 is 20.0 Å². The van der Waals surface area contributed by atoms with Crippen molar-refractivity contribution in [3.05, 3.63) is 71.3 Å². The summed E-state index contributed by atoms with van der Waals surface area (Å²) in [6.45, 7) is 1.83. The van der Waals surface area contributed by atoms with Crippen LogP contribution in [0.3, 0.4) is 0 Å². The number of aromatic amines is 1. The van der Waals surface area contributed by atoms with Crippen molar-refractivity contribution in [3.8, 4) is 11.4 Å². The van der Waals surface area contributed by atoms with E-state index in [-0.39, 0.29) is 11.7 Å². The van der Waals surface area contributed by atoms with Crippen LogP contribution in [0.5, 0.6) is 0 Å². The van der Waals surface area contributed by atoms with E-state index in [1.54, 1.807) is 30.3 Å². The average Bonchev–Trinajstić information content (AvgIpc) is 3.45. The number of imidazole rings is 1. The number of carbonyl (C=O) groups is 1. The van der Waals surface area contributed by atoms with Gasteiger partial charge in [-0.25, -0.2) is 9.97 Å². The Morgan fingerprint density at radius 1 is 1.23 bits per heavy atom. The Labute approximate surface area is 177 Å². The highest BCUT2D eigenvalue weighted by atomic mass is 35.5. The number of pyridine rings is 1. The number of carbonyl (C=O) groups excluding carboxylic acids is 1. The number of benzene rings is 1. The highest BCUT2D eigenvalue weighted by Crippen LogP contribution is 2.31. The van der Waals surface area contributed by atoms with Crippen molar-refractivity contribution >= 4 is 39.9 Å². The lowest BCUT2D eigenvalue weighted by Gasteiger charge is -2.13. The largest absolute Gasteiger partial charge is 0.459 e. The number of aromatic nitrogens is 3. The second kappa shape index (κ2) is 7.78. The maximum atomic E-state index is 12.3. The third kappa shape index (κ3) is 3.60. The van der Waals surface area contributed by atoms with Crippen LogP contribution in [0.1, 0.15) is 22.5 Å². The standard InChI is InChI=1S/C22H18ClN5O2/c23-17-4-3-15(26-22(29)19-2-1-9-30-19)11-16(17)20-27-18-10-14(12-25-21(18)28-20)13-5-7-24-8-6-13/h1-5,9-12,24H,6-8H2,(H,26,29)(H,25,27,28). The number of H-pyrrole nitrogens is 1. The summed E-state index contributed by atoms with van der Waals surface area (Å²) in [4.78, 5) is 24.7. The lowest BCUT2D eigenvalue weighted by molar-refractivity contribution is 0.0996. The van der Waals surface area contributed by atoms with Gasteiger partial charge in [0.1, 0.15) is 5.82 Å². The molecule has 3 aromatic heterocycles. The van der Waals surface area contributed by atoms with Crippen molar-refractivity contribution in [1.29, 1.82) is 0 Å². The SMILES string of the molecule is O=C(Nc1ccc(Cl)c(-c2nc3ncc(C4=CCNCC4)cc3[nH]2)c1)c1ccco1. The highest BCUT2D eigenvalue weighted by molar-refractivity contribution is 6.33. The van der Waals surface area contributed by atoms with Gasteiger partial charge in [-0.05, 0) is 60.5 Å². The highest BCUT2D eigenvalue weighted by Gasteiger charge is 2.15. The van der Waals surface area contributed by atoms with Crippen molar-refractivity contribution in [2.75, 3.05) is 18.4 Å². The van der Waals surface area contributed by atoms with E-state index in [0.717, 1.165) is 30.6 Å². The fourth-order valence-corrected chi connectivity index (χ4v) is 3.68. The average molecular weight is 420 g/mol. The molecular weight excluding hydrogens is 402 g/mol. The van der Waals surface area contributed by atoms with Crippen LogP contribution in [-0.2, 0) is 0 Å². The van der Waals surface area contributed by atoms with E-state index in [1.807, 2.05) is 6.20 Å². The summed E-state index contributed by atoms with van der Waals surface area (Å²) in [5.41, 5.74) is 5.08.